The summed E-state index contributed by atoms with van der Waals surface area (Å²) < 4.78 is 6.15. The molecule has 0 radical (unpaired) electrons. The lowest BCUT2D eigenvalue weighted by Crippen LogP contribution is -2.39. The summed E-state index contributed by atoms with van der Waals surface area (Å²) in [5.74, 6) is -0.0367. The molecule has 1 amide bonds. The van der Waals surface area contributed by atoms with Crippen LogP contribution in [0.5, 0.6) is 0 Å². The van der Waals surface area contributed by atoms with Crippen molar-refractivity contribution in [3.8, 4) is 0 Å². The van der Waals surface area contributed by atoms with E-state index >= 15 is 0 Å². The minimum Gasteiger partial charge on any atom is -0.380 e. The highest BCUT2D eigenvalue weighted by atomic mass is 79.9. The number of carbonyl (C=O) groups excluding carboxylic acids is 1. The van der Waals surface area contributed by atoms with Crippen LogP contribution in [0.4, 0.5) is 0 Å². The van der Waals surface area contributed by atoms with Gasteiger partial charge in [-0.3, -0.25) is 4.79 Å². The van der Waals surface area contributed by atoms with E-state index in [9.17, 15) is 4.79 Å². The van der Waals surface area contributed by atoms with Crippen LogP contribution in [0.3, 0.4) is 0 Å². The van der Waals surface area contributed by atoms with Crippen LogP contribution in [0.2, 0.25) is 0 Å². The molecule has 0 bridgehead atoms. The van der Waals surface area contributed by atoms with Crippen LogP contribution in [0.1, 0.15) is 25.8 Å². The zero-order valence-electron chi connectivity index (χ0n) is 12.7. The average molecular weight is 380 g/mol. The van der Waals surface area contributed by atoms with Crippen LogP contribution >= 0.6 is 28.3 Å². The number of nitrogens with two attached hydrogens (primary N) is 1. The molecule has 120 valence electrons. The molecule has 0 aliphatic heterocycles. The molecule has 0 saturated carbocycles. The summed E-state index contributed by atoms with van der Waals surface area (Å²) in [6.07, 6.45) is 0.0747. The van der Waals surface area contributed by atoms with Crippen molar-refractivity contribution in [1.82, 2.24) is 5.32 Å². The molecule has 0 fully saturated rings. The predicted octanol–water partition coefficient (Wildman–Crippen LogP) is 2.63. The second-order valence-electron chi connectivity index (χ2n) is 5.47. The van der Waals surface area contributed by atoms with Gasteiger partial charge in [-0.25, -0.2) is 0 Å². The van der Waals surface area contributed by atoms with Crippen molar-refractivity contribution in [1.29, 1.82) is 0 Å². The Hall–Kier alpha value is -0.620. The highest BCUT2D eigenvalue weighted by Crippen LogP contribution is 2.25. The van der Waals surface area contributed by atoms with Gasteiger partial charge < -0.3 is 15.8 Å². The number of hydrogen-bond acceptors (Lipinski definition) is 3. The number of carbonyl (C=O) groups is 1. The van der Waals surface area contributed by atoms with E-state index in [0.29, 0.717) is 19.5 Å². The fourth-order valence-corrected chi connectivity index (χ4v) is 2.27. The maximum atomic E-state index is 11.9. The smallest absolute Gasteiger partial charge is 0.222 e. The van der Waals surface area contributed by atoms with Gasteiger partial charge in [0.25, 0.3) is 0 Å². The molecule has 0 aromatic heterocycles. The Morgan fingerprint density at radius 2 is 2.14 bits per heavy atom. The SMILES string of the molecule is COC(CN)CC(=O)NCC(C)(C)c1cccc(Br)c1.Cl. The Balaban J connectivity index is 0.00000400. The summed E-state index contributed by atoms with van der Waals surface area (Å²) in [7, 11) is 1.57. The molecule has 1 aromatic rings. The molecule has 21 heavy (non-hydrogen) atoms. The largest absolute Gasteiger partial charge is 0.380 e. The number of nitrogens with one attached hydrogen (secondary N) is 1. The van der Waals surface area contributed by atoms with Crippen molar-refractivity contribution in [2.75, 3.05) is 20.2 Å². The monoisotopic (exact) mass is 378 g/mol. The van der Waals surface area contributed by atoms with Crippen molar-refractivity contribution in [2.45, 2.75) is 31.8 Å². The molecular formula is C15H24BrClN2O2. The van der Waals surface area contributed by atoms with Gasteiger partial charge in [0.1, 0.15) is 0 Å². The van der Waals surface area contributed by atoms with Crippen LogP contribution in [0.15, 0.2) is 28.7 Å². The average Bonchev–Trinajstić information content (AvgIpc) is 2.42. The van der Waals surface area contributed by atoms with Gasteiger partial charge in [0.15, 0.2) is 0 Å². The first-order chi connectivity index (χ1) is 9.39. The normalized spacial score (nSPS) is 12.4. The molecule has 0 saturated heterocycles. The Labute approximate surface area is 141 Å². The third-order valence-electron chi connectivity index (χ3n) is 3.34. The first-order valence-electron chi connectivity index (χ1n) is 6.64. The van der Waals surface area contributed by atoms with E-state index in [1.807, 2.05) is 12.1 Å². The second kappa shape index (κ2) is 9.41. The van der Waals surface area contributed by atoms with Gasteiger partial charge >= 0.3 is 0 Å². The number of ether oxygens (including phenoxy) is 1. The summed E-state index contributed by atoms with van der Waals surface area (Å²) in [6.45, 7) is 5.12. The molecule has 6 heteroatoms. The van der Waals surface area contributed by atoms with Gasteiger partial charge in [0.05, 0.1) is 12.5 Å². The van der Waals surface area contributed by atoms with Crippen molar-refractivity contribution >= 4 is 34.2 Å². The van der Waals surface area contributed by atoms with Crippen LogP contribution in [0.25, 0.3) is 0 Å². The molecule has 4 nitrogen and oxygen atoms in total. The Kier molecular flexibility index (Phi) is 9.13. The molecule has 1 atom stereocenters. The fraction of sp³-hybridized carbons (Fsp3) is 0.533. The molecule has 0 aliphatic rings. The highest BCUT2D eigenvalue weighted by Gasteiger charge is 2.22. The van der Waals surface area contributed by atoms with E-state index in [1.54, 1.807) is 7.11 Å². The molecule has 0 aliphatic carbocycles. The Morgan fingerprint density at radius 3 is 2.67 bits per heavy atom. The minimum atomic E-state index is -0.219. The Bertz CT molecular complexity index is 451. The lowest BCUT2D eigenvalue weighted by molar-refractivity contribution is -0.123. The van der Waals surface area contributed by atoms with Crippen molar-refractivity contribution in [3.63, 3.8) is 0 Å². The van der Waals surface area contributed by atoms with E-state index in [2.05, 4.69) is 47.2 Å². The number of halogens is 2. The molecule has 3 N–H and O–H groups in total. The van der Waals surface area contributed by atoms with Gasteiger partial charge in [0.2, 0.25) is 5.91 Å². The van der Waals surface area contributed by atoms with E-state index < -0.39 is 0 Å². The summed E-state index contributed by atoms with van der Waals surface area (Å²) in [6, 6.07) is 8.12. The third kappa shape index (κ3) is 6.78. The van der Waals surface area contributed by atoms with Crippen molar-refractivity contribution in [3.05, 3.63) is 34.3 Å². The Morgan fingerprint density at radius 1 is 1.48 bits per heavy atom. The summed E-state index contributed by atoms with van der Waals surface area (Å²) in [5, 5.41) is 2.95. The fourth-order valence-electron chi connectivity index (χ4n) is 1.87. The first-order valence-corrected chi connectivity index (χ1v) is 7.44. The predicted molar refractivity (Wildman–Crippen MR) is 91.9 cm³/mol. The summed E-state index contributed by atoms with van der Waals surface area (Å²) in [4.78, 5) is 11.9. The summed E-state index contributed by atoms with van der Waals surface area (Å²) >= 11 is 3.47. The van der Waals surface area contributed by atoms with E-state index in [1.165, 1.54) is 5.56 Å². The number of benzene rings is 1. The topological polar surface area (TPSA) is 64.3 Å². The van der Waals surface area contributed by atoms with E-state index in [4.69, 9.17) is 10.5 Å². The quantitative estimate of drug-likeness (QED) is 0.765. The van der Waals surface area contributed by atoms with Crippen LogP contribution in [0, 0.1) is 0 Å². The minimum absolute atomic E-state index is 0. The summed E-state index contributed by atoms with van der Waals surface area (Å²) in [5.41, 5.74) is 6.55. The number of amides is 1. The number of methoxy groups -OCH3 is 1. The molecular weight excluding hydrogens is 356 g/mol. The van der Waals surface area contributed by atoms with Gasteiger partial charge in [-0.05, 0) is 17.7 Å². The lowest BCUT2D eigenvalue weighted by atomic mass is 9.84. The number of rotatable bonds is 7. The lowest BCUT2D eigenvalue weighted by Gasteiger charge is -2.26. The van der Waals surface area contributed by atoms with E-state index in [-0.39, 0.29) is 29.8 Å². The zero-order valence-corrected chi connectivity index (χ0v) is 15.1. The maximum Gasteiger partial charge on any atom is 0.222 e. The second-order valence-corrected chi connectivity index (χ2v) is 6.38. The molecule has 1 unspecified atom stereocenters. The van der Waals surface area contributed by atoms with Crippen molar-refractivity contribution < 1.29 is 9.53 Å². The van der Waals surface area contributed by atoms with Gasteiger partial charge in [0, 0.05) is 30.1 Å². The molecule has 1 aromatic carbocycles. The highest BCUT2D eigenvalue weighted by molar-refractivity contribution is 9.10. The molecule has 0 spiro atoms. The standard InChI is InChI=1S/C15H23BrN2O2.ClH/c1-15(2,11-5-4-6-12(16)7-11)10-18-14(19)8-13(9-17)20-3;/h4-7,13H,8-10,17H2,1-3H3,(H,18,19);1H. The number of hydrogen-bond donors (Lipinski definition) is 2. The van der Waals surface area contributed by atoms with Crippen LogP contribution in [-0.2, 0) is 14.9 Å². The van der Waals surface area contributed by atoms with Gasteiger partial charge in [-0.1, -0.05) is 41.9 Å². The van der Waals surface area contributed by atoms with Gasteiger partial charge in [-0.15, -0.1) is 12.4 Å². The third-order valence-corrected chi connectivity index (χ3v) is 3.84. The molecule has 1 rings (SSSR count). The zero-order chi connectivity index (χ0) is 15.2. The van der Waals surface area contributed by atoms with Crippen LogP contribution < -0.4 is 11.1 Å². The first kappa shape index (κ1) is 20.4. The van der Waals surface area contributed by atoms with Crippen LogP contribution in [-0.4, -0.2) is 32.2 Å². The van der Waals surface area contributed by atoms with Crippen molar-refractivity contribution in [2.24, 2.45) is 5.73 Å². The molecule has 0 heterocycles. The van der Waals surface area contributed by atoms with Gasteiger partial charge in [-0.2, -0.15) is 0 Å². The maximum absolute atomic E-state index is 11.9. The van der Waals surface area contributed by atoms with E-state index in [0.717, 1.165) is 4.47 Å².